The molecule has 184 valence electrons. The van der Waals surface area contributed by atoms with Gasteiger partial charge >= 0.3 is 5.97 Å². The molecule has 7 atom stereocenters. The van der Waals surface area contributed by atoms with Crippen LogP contribution in [0.15, 0.2) is 47.6 Å². The Morgan fingerprint density at radius 2 is 1.91 bits per heavy atom. The molecule has 2 unspecified atom stereocenters. The molecule has 0 saturated heterocycles. The number of allylic oxidation sites excluding steroid dienone is 6. The molecule has 3 aliphatic carbocycles. The van der Waals surface area contributed by atoms with Crippen LogP contribution >= 0.6 is 0 Å². The zero-order valence-electron chi connectivity index (χ0n) is 21.8. The number of esters is 1. The third-order valence-electron chi connectivity index (χ3n) is 8.90. The Kier molecular flexibility index (Phi) is 8.48. The number of ether oxygens (including phenoxy) is 1. The van der Waals surface area contributed by atoms with Gasteiger partial charge in [-0.1, -0.05) is 76.6 Å². The fourth-order valence-corrected chi connectivity index (χ4v) is 6.63. The second kappa shape index (κ2) is 10.8. The second-order valence-electron chi connectivity index (χ2n) is 11.6. The second-order valence-corrected chi connectivity index (χ2v) is 11.6. The molecule has 3 nitrogen and oxygen atoms in total. The van der Waals surface area contributed by atoms with Crippen molar-refractivity contribution in [2.45, 2.75) is 98.7 Å². The normalized spacial score (nSPS) is 37.0. The van der Waals surface area contributed by atoms with E-state index in [2.05, 4.69) is 65.5 Å². The van der Waals surface area contributed by atoms with E-state index in [0.717, 1.165) is 31.3 Å². The molecular weight excluding hydrogens is 408 g/mol. The summed E-state index contributed by atoms with van der Waals surface area (Å²) in [6.07, 6.45) is 15.8. The van der Waals surface area contributed by atoms with Crippen molar-refractivity contribution in [1.82, 2.24) is 0 Å². The lowest BCUT2D eigenvalue weighted by Crippen LogP contribution is -2.39. The molecule has 0 aromatic carbocycles. The minimum atomic E-state index is -0.248. The molecule has 3 saturated carbocycles. The van der Waals surface area contributed by atoms with Gasteiger partial charge in [0.1, 0.15) is 6.10 Å². The van der Waals surface area contributed by atoms with Crippen LogP contribution in [0.5, 0.6) is 0 Å². The largest absolute Gasteiger partial charge is 0.462 e. The van der Waals surface area contributed by atoms with Crippen molar-refractivity contribution in [1.29, 1.82) is 0 Å². The van der Waals surface area contributed by atoms with E-state index >= 15 is 0 Å². The van der Waals surface area contributed by atoms with Crippen molar-refractivity contribution < 1.29 is 14.6 Å². The molecule has 33 heavy (non-hydrogen) atoms. The number of hydrogen-bond donors (Lipinski definition) is 1. The fraction of sp³-hybridized carbons (Fsp3) is 0.700. The van der Waals surface area contributed by atoms with Crippen LogP contribution in [0.1, 0.15) is 86.5 Å². The predicted molar refractivity (Wildman–Crippen MR) is 137 cm³/mol. The molecule has 1 N–H and O–H groups in total. The predicted octanol–water partition coefficient (Wildman–Crippen LogP) is 7.18. The molecule has 3 heteroatoms. The Labute approximate surface area is 202 Å². The van der Waals surface area contributed by atoms with E-state index in [1.807, 2.05) is 0 Å². The lowest BCUT2D eigenvalue weighted by atomic mass is 9.61. The summed E-state index contributed by atoms with van der Waals surface area (Å²) in [5, 5.41) is 10.1. The van der Waals surface area contributed by atoms with Gasteiger partial charge < -0.3 is 9.84 Å². The van der Waals surface area contributed by atoms with Crippen molar-refractivity contribution in [2.24, 2.45) is 35.0 Å². The molecule has 0 heterocycles. The van der Waals surface area contributed by atoms with Crippen LogP contribution in [0.25, 0.3) is 0 Å². The summed E-state index contributed by atoms with van der Waals surface area (Å²) in [6, 6.07) is 0. The monoisotopic (exact) mass is 454 g/mol. The number of aliphatic hydroxyl groups is 1. The fourth-order valence-electron chi connectivity index (χ4n) is 6.63. The van der Waals surface area contributed by atoms with Gasteiger partial charge in [0.15, 0.2) is 0 Å². The number of carbonyl (C=O) groups excluding carboxylic acids is 1. The molecule has 3 fully saturated rings. The Balaban J connectivity index is 1.89. The maximum atomic E-state index is 12.0. The summed E-state index contributed by atoms with van der Waals surface area (Å²) in [6.45, 7) is 17.3. The molecule has 0 aromatic rings. The van der Waals surface area contributed by atoms with Gasteiger partial charge in [0.05, 0.1) is 6.10 Å². The summed E-state index contributed by atoms with van der Waals surface area (Å²) in [5.74, 6) is 2.10. The van der Waals surface area contributed by atoms with Gasteiger partial charge in [0.2, 0.25) is 0 Å². The zero-order valence-corrected chi connectivity index (χ0v) is 21.8. The van der Waals surface area contributed by atoms with Gasteiger partial charge in [0, 0.05) is 12.8 Å². The summed E-state index contributed by atoms with van der Waals surface area (Å²) < 4.78 is 5.97. The Morgan fingerprint density at radius 1 is 1.18 bits per heavy atom. The average molecular weight is 455 g/mol. The van der Waals surface area contributed by atoms with Gasteiger partial charge in [-0.05, 0) is 79.6 Å². The Morgan fingerprint density at radius 3 is 2.58 bits per heavy atom. The minimum absolute atomic E-state index is 0.0351. The van der Waals surface area contributed by atoms with E-state index in [1.54, 1.807) is 6.92 Å². The van der Waals surface area contributed by atoms with Gasteiger partial charge in [-0.3, -0.25) is 4.79 Å². The van der Waals surface area contributed by atoms with Crippen molar-refractivity contribution in [3.05, 3.63) is 47.6 Å². The highest BCUT2D eigenvalue weighted by Crippen LogP contribution is 2.60. The maximum Gasteiger partial charge on any atom is 0.302 e. The van der Waals surface area contributed by atoms with Gasteiger partial charge in [0.25, 0.3) is 0 Å². The van der Waals surface area contributed by atoms with E-state index in [9.17, 15) is 9.90 Å². The molecule has 0 amide bonds. The summed E-state index contributed by atoms with van der Waals surface area (Å²) in [4.78, 5) is 12.0. The van der Waals surface area contributed by atoms with Crippen molar-refractivity contribution in [3.63, 3.8) is 0 Å². The number of hydrogen-bond acceptors (Lipinski definition) is 3. The highest BCUT2D eigenvalue weighted by Gasteiger charge is 2.56. The number of fused-ring (bicyclic) bond motifs is 1. The highest BCUT2D eigenvalue weighted by atomic mass is 16.5. The van der Waals surface area contributed by atoms with E-state index in [1.165, 1.54) is 24.0 Å². The Bertz CT molecular complexity index is 816. The Hall–Kier alpha value is -1.61. The number of rotatable bonds is 6. The van der Waals surface area contributed by atoms with E-state index in [0.29, 0.717) is 36.0 Å². The average Bonchev–Trinajstić information content (AvgIpc) is 3.03. The molecule has 0 aromatic heterocycles. The molecule has 0 bridgehead atoms. The minimum Gasteiger partial charge on any atom is -0.462 e. The molecule has 3 rings (SSSR count). The molecule has 0 spiro atoms. The zero-order chi connectivity index (χ0) is 24.3. The maximum absolute atomic E-state index is 12.0. The first-order valence-corrected chi connectivity index (χ1v) is 13.1. The first-order chi connectivity index (χ1) is 15.5. The number of carbonyl (C=O) groups is 1. The first-order valence-electron chi connectivity index (χ1n) is 13.1. The van der Waals surface area contributed by atoms with Crippen molar-refractivity contribution in [2.75, 3.05) is 0 Å². The van der Waals surface area contributed by atoms with Crippen LogP contribution in [0, 0.1) is 35.0 Å². The number of aliphatic hydroxyl groups excluding tert-OH is 1. The van der Waals surface area contributed by atoms with Crippen molar-refractivity contribution in [3.8, 4) is 0 Å². The van der Waals surface area contributed by atoms with E-state index < -0.39 is 0 Å². The first kappa shape index (κ1) is 26.0. The highest BCUT2D eigenvalue weighted by molar-refractivity contribution is 5.66. The van der Waals surface area contributed by atoms with E-state index in [-0.39, 0.29) is 23.6 Å². The van der Waals surface area contributed by atoms with Crippen molar-refractivity contribution >= 4 is 5.97 Å². The SMILES string of the molecule is C=C1CC[C@H](O)C/C1=C\C=C1/CCC[C@]2(C)C1CC(OC(C)=O)[C@H]2[C@H](C)/C=C/[C@H](C)C(C)C. The summed E-state index contributed by atoms with van der Waals surface area (Å²) in [5.41, 5.74) is 3.96. The van der Waals surface area contributed by atoms with Gasteiger partial charge in [-0.15, -0.1) is 0 Å². The van der Waals surface area contributed by atoms with Crippen LogP contribution in [-0.4, -0.2) is 23.3 Å². The van der Waals surface area contributed by atoms with Crippen LogP contribution < -0.4 is 0 Å². The van der Waals surface area contributed by atoms with Crippen LogP contribution in [0.2, 0.25) is 0 Å². The van der Waals surface area contributed by atoms with Gasteiger partial charge in [-0.25, -0.2) is 0 Å². The molecular formula is C30H46O3. The molecule has 0 aliphatic heterocycles. The van der Waals surface area contributed by atoms with Gasteiger partial charge in [-0.2, -0.15) is 0 Å². The summed E-state index contributed by atoms with van der Waals surface area (Å²) in [7, 11) is 0. The summed E-state index contributed by atoms with van der Waals surface area (Å²) >= 11 is 0. The topological polar surface area (TPSA) is 46.5 Å². The van der Waals surface area contributed by atoms with Crippen LogP contribution in [0.3, 0.4) is 0 Å². The third-order valence-corrected chi connectivity index (χ3v) is 8.90. The van der Waals surface area contributed by atoms with Crippen LogP contribution in [0.4, 0.5) is 0 Å². The lowest BCUT2D eigenvalue weighted by Gasteiger charge is -2.44. The third kappa shape index (κ3) is 5.91. The molecule has 0 radical (unpaired) electrons. The lowest BCUT2D eigenvalue weighted by molar-refractivity contribution is -0.149. The van der Waals surface area contributed by atoms with Crippen LogP contribution in [-0.2, 0) is 9.53 Å². The smallest absolute Gasteiger partial charge is 0.302 e. The standard InChI is InChI=1S/C30H46O3/c1-19(2)20(3)10-11-22(5)29-28(33-23(6)31)18-27-24(9-8-16-30(27,29)7)13-14-25-17-26(32)15-12-21(25)4/h10-11,13-14,19-20,22,26-29,32H,4,8-9,12,15-18H2,1-3,5-7H3/b11-10+,24-13+,25-14+/t20-,22+,26-,27?,28?,29+,30+/m0/s1. The quantitative estimate of drug-likeness (QED) is 0.341. The van der Waals surface area contributed by atoms with E-state index in [4.69, 9.17) is 4.74 Å². The molecule has 3 aliphatic rings.